The zero-order valence-corrected chi connectivity index (χ0v) is 11.9. The second-order valence-electron chi connectivity index (χ2n) is 4.88. The zero-order valence-electron chi connectivity index (χ0n) is 11.1. The molecular formula is C14H13N3O3S. The van der Waals surface area contributed by atoms with Gasteiger partial charge in [-0.1, -0.05) is 0 Å². The highest BCUT2D eigenvalue weighted by Gasteiger charge is 2.24. The van der Waals surface area contributed by atoms with E-state index < -0.39 is 4.92 Å². The van der Waals surface area contributed by atoms with Gasteiger partial charge in [-0.25, -0.2) is 0 Å². The Morgan fingerprint density at radius 1 is 1.38 bits per heavy atom. The van der Waals surface area contributed by atoms with Gasteiger partial charge in [-0.05, 0) is 35.6 Å². The highest BCUT2D eigenvalue weighted by Crippen LogP contribution is 2.27. The number of nitrogen functional groups attached to an aromatic ring is 1. The van der Waals surface area contributed by atoms with Crippen LogP contribution in [0.1, 0.15) is 20.8 Å². The van der Waals surface area contributed by atoms with Gasteiger partial charge in [0.15, 0.2) is 0 Å². The lowest BCUT2D eigenvalue weighted by atomic mass is 10.1. The number of amides is 1. The first-order valence-corrected chi connectivity index (χ1v) is 7.32. The Hall–Kier alpha value is -2.41. The monoisotopic (exact) mass is 303 g/mol. The maximum absolute atomic E-state index is 12.5. The fourth-order valence-corrected chi connectivity index (χ4v) is 3.33. The van der Waals surface area contributed by atoms with Crippen LogP contribution in [0.4, 0.5) is 11.4 Å². The van der Waals surface area contributed by atoms with E-state index in [1.54, 1.807) is 16.2 Å². The number of fused-ring (bicyclic) bond motifs is 1. The Bertz CT molecular complexity index is 726. The molecule has 1 aliphatic heterocycles. The van der Waals surface area contributed by atoms with Crippen LogP contribution in [0.25, 0.3) is 0 Å². The predicted octanol–water partition coefficient (Wildman–Crippen LogP) is 2.44. The molecule has 6 nitrogen and oxygen atoms in total. The van der Waals surface area contributed by atoms with Crippen LogP contribution < -0.4 is 5.73 Å². The molecule has 0 fully saturated rings. The Morgan fingerprint density at radius 3 is 2.95 bits per heavy atom. The molecule has 0 radical (unpaired) electrons. The SMILES string of the molecule is Nc1ccc(C(=O)N2CCc3sccc3C2)cc1[N+](=O)[O-]. The number of carbonyl (C=O) groups is 1. The van der Waals surface area contributed by atoms with E-state index in [0.717, 1.165) is 12.0 Å². The average molecular weight is 303 g/mol. The summed E-state index contributed by atoms with van der Waals surface area (Å²) in [6.45, 7) is 1.18. The first-order valence-electron chi connectivity index (χ1n) is 6.44. The summed E-state index contributed by atoms with van der Waals surface area (Å²) in [4.78, 5) is 25.8. The van der Waals surface area contributed by atoms with E-state index in [4.69, 9.17) is 5.73 Å². The molecular weight excluding hydrogens is 290 g/mol. The number of rotatable bonds is 2. The lowest BCUT2D eigenvalue weighted by molar-refractivity contribution is -0.383. The van der Waals surface area contributed by atoms with Crippen molar-refractivity contribution < 1.29 is 9.72 Å². The van der Waals surface area contributed by atoms with Crippen molar-refractivity contribution in [1.29, 1.82) is 0 Å². The van der Waals surface area contributed by atoms with Crippen LogP contribution in [0.2, 0.25) is 0 Å². The van der Waals surface area contributed by atoms with Gasteiger partial charge in [0.2, 0.25) is 0 Å². The Kier molecular flexibility index (Phi) is 3.34. The lowest BCUT2D eigenvalue weighted by Crippen LogP contribution is -2.35. The molecule has 0 atom stereocenters. The molecule has 1 amide bonds. The highest BCUT2D eigenvalue weighted by molar-refractivity contribution is 7.10. The van der Waals surface area contributed by atoms with E-state index >= 15 is 0 Å². The summed E-state index contributed by atoms with van der Waals surface area (Å²) < 4.78 is 0. The van der Waals surface area contributed by atoms with Gasteiger partial charge in [0.05, 0.1) is 4.92 Å². The third-order valence-corrected chi connectivity index (χ3v) is 4.59. The van der Waals surface area contributed by atoms with E-state index in [0.29, 0.717) is 18.7 Å². The molecule has 1 aromatic carbocycles. The van der Waals surface area contributed by atoms with Crippen molar-refractivity contribution in [1.82, 2.24) is 4.90 Å². The molecule has 0 bridgehead atoms. The molecule has 2 aromatic rings. The molecule has 3 rings (SSSR count). The van der Waals surface area contributed by atoms with Crippen molar-refractivity contribution in [3.63, 3.8) is 0 Å². The molecule has 0 saturated carbocycles. The highest BCUT2D eigenvalue weighted by atomic mass is 32.1. The van der Waals surface area contributed by atoms with Gasteiger partial charge in [-0.2, -0.15) is 0 Å². The minimum atomic E-state index is -0.570. The number of hydrogen-bond acceptors (Lipinski definition) is 5. The molecule has 0 unspecified atom stereocenters. The van der Waals surface area contributed by atoms with E-state index in [1.807, 2.05) is 11.4 Å². The summed E-state index contributed by atoms with van der Waals surface area (Å²) in [6.07, 6.45) is 0.829. The molecule has 1 aliphatic rings. The minimum Gasteiger partial charge on any atom is -0.393 e. The van der Waals surface area contributed by atoms with Gasteiger partial charge in [-0.3, -0.25) is 14.9 Å². The molecule has 2 heterocycles. The van der Waals surface area contributed by atoms with Gasteiger partial charge in [0.25, 0.3) is 11.6 Å². The summed E-state index contributed by atoms with van der Waals surface area (Å²) >= 11 is 1.70. The van der Waals surface area contributed by atoms with Crippen molar-refractivity contribution in [2.24, 2.45) is 0 Å². The average Bonchev–Trinajstić information content (AvgIpc) is 2.94. The number of anilines is 1. The van der Waals surface area contributed by atoms with Gasteiger partial charge >= 0.3 is 0 Å². The lowest BCUT2D eigenvalue weighted by Gasteiger charge is -2.27. The van der Waals surface area contributed by atoms with Crippen molar-refractivity contribution >= 4 is 28.6 Å². The molecule has 108 valence electrons. The summed E-state index contributed by atoms with van der Waals surface area (Å²) in [6, 6.07) is 6.21. The fraction of sp³-hybridized carbons (Fsp3) is 0.214. The van der Waals surface area contributed by atoms with Crippen LogP contribution in [-0.4, -0.2) is 22.3 Å². The van der Waals surface area contributed by atoms with Crippen molar-refractivity contribution in [3.8, 4) is 0 Å². The first-order chi connectivity index (χ1) is 10.1. The normalized spacial score (nSPS) is 13.8. The molecule has 0 saturated heterocycles. The number of carbonyl (C=O) groups excluding carboxylic acids is 1. The third kappa shape index (κ3) is 2.47. The van der Waals surface area contributed by atoms with E-state index in [1.165, 1.54) is 23.1 Å². The number of hydrogen-bond donors (Lipinski definition) is 1. The van der Waals surface area contributed by atoms with Crippen LogP contribution in [0.15, 0.2) is 29.6 Å². The Labute approximate surface area is 124 Å². The van der Waals surface area contributed by atoms with Crippen molar-refractivity contribution in [2.45, 2.75) is 13.0 Å². The van der Waals surface area contributed by atoms with Gasteiger partial charge in [0.1, 0.15) is 5.69 Å². The molecule has 0 spiro atoms. The van der Waals surface area contributed by atoms with Crippen LogP contribution in [0.3, 0.4) is 0 Å². The Balaban J connectivity index is 1.86. The first kappa shape index (κ1) is 13.6. The van der Waals surface area contributed by atoms with E-state index in [-0.39, 0.29) is 17.3 Å². The van der Waals surface area contributed by atoms with Gasteiger partial charge < -0.3 is 10.6 Å². The van der Waals surface area contributed by atoms with Gasteiger partial charge in [-0.15, -0.1) is 11.3 Å². The van der Waals surface area contributed by atoms with Crippen LogP contribution in [0.5, 0.6) is 0 Å². The standard InChI is InChI=1S/C14H13N3O3S/c15-11-2-1-9(7-12(11)17(19)20)14(18)16-5-3-13-10(8-16)4-6-21-13/h1-2,4,6-7H,3,5,8,15H2. The smallest absolute Gasteiger partial charge is 0.292 e. The number of benzene rings is 1. The number of nitro groups is 1. The maximum atomic E-state index is 12.5. The van der Waals surface area contributed by atoms with Crippen LogP contribution in [-0.2, 0) is 13.0 Å². The quantitative estimate of drug-likeness (QED) is 0.524. The summed E-state index contributed by atoms with van der Waals surface area (Å²) in [7, 11) is 0. The Morgan fingerprint density at radius 2 is 2.19 bits per heavy atom. The fourth-order valence-electron chi connectivity index (χ4n) is 2.44. The van der Waals surface area contributed by atoms with Crippen molar-refractivity contribution in [3.05, 3.63) is 55.8 Å². The summed E-state index contributed by atoms with van der Waals surface area (Å²) in [5.41, 5.74) is 6.85. The number of nitrogens with two attached hydrogens (primary N) is 1. The molecule has 1 aromatic heterocycles. The third-order valence-electron chi connectivity index (χ3n) is 3.57. The maximum Gasteiger partial charge on any atom is 0.292 e. The minimum absolute atomic E-state index is 0.0651. The second-order valence-corrected chi connectivity index (χ2v) is 5.88. The van der Waals surface area contributed by atoms with Gasteiger partial charge in [0, 0.05) is 29.6 Å². The summed E-state index contributed by atoms with van der Waals surface area (Å²) in [5, 5.41) is 12.9. The molecule has 2 N–H and O–H groups in total. The molecule has 0 aliphatic carbocycles. The van der Waals surface area contributed by atoms with E-state index in [2.05, 4.69) is 0 Å². The number of nitro benzene ring substituents is 1. The molecule has 21 heavy (non-hydrogen) atoms. The van der Waals surface area contributed by atoms with Crippen LogP contribution >= 0.6 is 11.3 Å². The molecule has 7 heteroatoms. The number of thiophene rings is 1. The largest absolute Gasteiger partial charge is 0.393 e. The van der Waals surface area contributed by atoms with Crippen molar-refractivity contribution in [2.75, 3.05) is 12.3 Å². The zero-order chi connectivity index (χ0) is 15.0. The second kappa shape index (κ2) is 5.17. The van der Waals surface area contributed by atoms with E-state index in [9.17, 15) is 14.9 Å². The predicted molar refractivity (Wildman–Crippen MR) is 80.3 cm³/mol. The topological polar surface area (TPSA) is 89.5 Å². The number of nitrogens with zero attached hydrogens (tertiary/aromatic N) is 2. The van der Waals surface area contributed by atoms with Crippen LogP contribution in [0, 0.1) is 10.1 Å². The summed E-state index contributed by atoms with van der Waals surface area (Å²) in [5.74, 6) is -0.199.